The molecule has 1 aliphatic carbocycles. The molecule has 1 amide bonds. The predicted molar refractivity (Wildman–Crippen MR) is 94.7 cm³/mol. The number of allylic oxidation sites excluding steroid dienone is 1. The third-order valence-corrected chi connectivity index (χ3v) is 5.44. The number of nitrogens with zero attached hydrogens (tertiary/aromatic N) is 2. The molecule has 0 unspecified atom stereocenters. The normalized spacial score (nSPS) is 15.6. The molecule has 5 nitrogen and oxygen atoms in total. The lowest BCUT2D eigenvalue weighted by atomic mass is 9.97. The maximum Gasteiger partial charge on any atom is 0.237 e. The van der Waals surface area contributed by atoms with Crippen molar-refractivity contribution in [2.75, 3.05) is 32.4 Å². The fraction of sp³-hybridized carbons (Fsp3) is 0.824. The van der Waals surface area contributed by atoms with Gasteiger partial charge in [0.05, 0.1) is 12.8 Å². The first-order chi connectivity index (χ1) is 10.9. The Morgan fingerprint density at radius 2 is 1.78 bits per heavy atom. The van der Waals surface area contributed by atoms with Crippen LogP contribution in [-0.2, 0) is 14.8 Å². The van der Waals surface area contributed by atoms with Crippen LogP contribution in [0.3, 0.4) is 0 Å². The quantitative estimate of drug-likeness (QED) is 0.573. The average Bonchev–Trinajstić information content (AvgIpc) is 2.51. The van der Waals surface area contributed by atoms with Crippen molar-refractivity contribution in [2.45, 2.75) is 58.8 Å². The summed E-state index contributed by atoms with van der Waals surface area (Å²) >= 11 is 0. The fourth-order valence-corrected chi connectivity index (χ4v) is 3.68. The molecule has 0 radical (unpaired) electrons. The summed E-state index contributed by atoms with van der Waals surface area (Å²) in [4.78, 5) is 14.2. The van der Waals surface area contributed by atoms with E-state index < -0.39 is 10.0 Å². The molecule has 0 aliphatic heterocycles. The molecule has 1 rings (SSSR count). The molecule has 0 spiro atoms. The van der Waals surface area contributed by atoms with Crippen molar-refractivity contribution in [3.63, 3.8) is 0 Å². The van der Waals surface area contributed by atoms with E-state index in [2.05, 4.69) is 6.08 Å². The smallest absolute Gasteiger partial charge is 0.237 e. The Balaban J connectivity index is 2.66. The third kappa shape index (κ3) is 7.48. The van der Waals surface area contributed by atoms with Gasteiger partial charge in [-0.25, -0.2) is 8.42 Å². The van der Waals surface area contributed by atoms with Crippen LogP contribution in [0.15, 0.2) is 11.6 Å². The zero-order chi connectivity index (χ0) is 17.3. The van der Waals surface area contributed by atoms with Crippen molar-refractivity contribution in [3.05, 3.63) is 11.6 Å². The first kappa shape index (κ1) is 20.2. The number of hydrogen-bond donors (Lipinski definition) is 0. The molecule has 1 aliphatic rings. The van der Waals surface area contributed by atoms with Gasteiger partial charge in [-0.3, -0.25) is 4.79 Å². The molecule has 0 saturated heterocycles. The monoisotopic (exact) mass is 344 g/mol. The molecule has 0 N–H and O–H groups in total. The summed E-state index contributed by atoms with van der Waals surface area (Å²) < 4.78 is 25.4. The molecule has 6 heteroatoms. The molecule has 23 heavy (non-hydrogen) atoms. The Labute approximate surface area is 141 Å². The largest absolute Gasteiger partial charge is 0.342 e. The maximum absolute atomic E-state index is 12.4. The van der Waals surface area contributed by atoms with Gasteiger partial charge in [-0.1, -0.05) is 25.5 Å². The van der Waals surface area contributed by atoms with E-state index in [0.29, 0.717) is 19.6 Å². The van der Waals surface area contributed by atoms with Crippen molar-refractivity contribution >= 4 is 15.9 Å². The highest BCUT2D eigenvalue weighted by atomic mass is 32.2. The van der Waals surface area contributed by atoms with Gasteiger partial charge in [0.1, 0.15) is 0 Å². The lowest BCUT2D eigenvalue weighted by Gasteiger charge is -2.26. The first-order valence-electron chi connectivity index (χ1n) is 8.79. The number of rotatable bonds is 10. The summed E-state index contributed by atoms with van der Waals surface area (Å²) in [7, 11) is -3.37. The molecular weight excluding hydrogens is 312 g/mol. The number of carbonyl (C=O) groups excluding carboxylic acids is 1. The summed E-state index contributed by atoms with van der Waals surface area (Å²) in [5.41, 5.74) is 1.33. The SMILES string of the molecule is CCCN(CCC)C(=O)CN(CCC1=CCCCC1)S(C)(=O)=O. The molecule has 0 aromatic carbocycles. The Bertz CT molecular complexity index is 494. The molecule has 0 heterocycles. The summed E-state index contributed by atoms with van der Waals surface area (Å²) in [5.74, 6) is -0.0863. The fourth-order valence-electron chi connectivity index (χ4n) is 2.91. The van der Waals surface area contributed by atoms with E-state index in [1.165, 1.54) is 29.0 Å². The molecule has 0 fully saturated rings. The van der Waals surface area contributed by atoms with Crippen LogP contribution in [0.2, 0.25) is 0 Å². The van der Waals surface area contributed by atoms with Crippen LogP contribution < -0.4 is 0 Å². The van der Waals surface area contributed by atoms with Crippen LogP contribution in [-0.4, -0.2) is 56.0 Å². The van der Waals surface area contributed by atoms with Crippen LogP contribution in [0, 0.1) is 0 Å². The van der Waals surface area contributed by atoms with Crippen molar-refractivity contribution in [1.29, 1.82) is 0 Å². The minimum absolute atomic E-state index is 0.0356. The molecule has 0 aromatic rings. The summed E-state index contributed by atoms with van der Waals surface area (Å²) in [5, 5.41) is 0. The minimum Gasteiger partial charge on any atom is -0.342 e. The average molecular weight is 345 g/mol. The van der Waals surface area contributed by atoms with E-state index in [4.69, 9.17) is 0 Å². The Kier molecular flexibility index (Phi) is 8.84. The zero-order valence-corrected chi connectivity index (χ0v) is 15.7. The van der Waals surface area contributed by atoms with Crippen LogP contribution in [0.1, 0.15) is 58.8 Å². The van der Waals surface area contributed by atoms with Gasteiger partial charge in [0.2, 0.25) is 15.9 Å². The van der Waals surface area contributed by atoms with Gasteiger partial charge in [0, 0.05) is 19.6 Å². The molecule has 0 bridgehead atoms. The third-order valence-electron chi connectivity index (χ3n) is 4.19. The highest BCUT2D eigenvalue weighted by Gasteiger charge is 2.23. The topological polar surface area (TPSA) is 57.7 Å². The van der Waals surface area contributed by atoms with Gasteiger partial charge in [-0.2, -0.15) is 4.31 Å². The van der Waals surface area contributed by atoms with Gasteiger partial charge in [0.25, 0.3) is 0 Å². The van der Waals surface area contributed by atoms with Gasteiger partial charge >= 0.3 is 0 Å². The van der Waals surface area contributed by atoms with Crippen molar-refractivity contribution in [1.82, 2.24) is 9.21 Å². The van der Waals surface area contributed by atoms with Crippen molar-refractivity contribution < 1.29 is 13.2 Å². The van der Waals surface area contributed by atoms with Crippen LogP contribution in [0.5, 0.6) is 0 Å². The lowest BCUT2D eigenvalue weighted by molar-refractivity contribution is -0.131. The molecular formula is C17H32N2O3S. The van der Waals surface area contributed by atoms with E-state index in [1.807, 2.05) is 13.8 Å². The van der Waals surface area contributed by atoms with E-state index in [9.17, 15) is 13.2 Å². The molecule has 134 valence electrons. The lowest BCUT2D eigenvalue weighted by Crippen LogP contribution is -2.43. The Morgan fingerprint density at radius 3 is 2.26 bits per heavy atom. The van der Waals surface area contributed by atoms with Crippen LogP contribution in [0.25, 0.3) is 0 Å². The number of sulfonamides is 1. The zero-order valence-electron chi connectivity index (χ0n) is 14.9. The standard InChI is InChI=1S/C17H32N2O3S/c1-4-12-18(13-5-2)17(20)15-19(23(3,21)22)14-11-16-9-7-6-8-10-16/h9H,4-8,10-15H2,1-3H3. The van der Waals surface area contributed by atoms with E-state index in [0.717, 1.165) is 32.1 Å². The summed E-state index contributed by atoms with van der Waals surface area (Å²) in [6.07, 6.45) is 10.5. The highest BCUT2D eigenvalue weighted by Crippen LogP contribution is 2.20. The number of hydrogen-bond acceptors (Lipinski definition) is 3. The second-order valence-corrected chi connectivity index (χ2v) is 8.32. The van der Waals surface area contributed by atoms with Gasteiger partial charge in [-0.15, -0.1) is 0 Å². The van der Waals surface area contributed by atoms with Crippen molar-refractivity contribution in [3.8, 4) is 0 Å². The summed E-state index contributed by atoms with van der Waals surface area (Å²) in [6.45, 7) is 5.80. The van der Waals surface area contributed by atoms with Gasteiger partial charge < -0.3 is 4.90 Å². The maximum atomic E-state index is 12.4. The number of amides is 1. The van der Waals surface area contributed by atoms with Crippen LogP contribution >= 0.6 is 0 Å². The van der Waals surface area contributed by atoms with Gasteiger partial charge in [-0.05, 0) is 44.9 Å². The Hall–Kier alpha value is -0.880. The van der Waals surface area contributed by atoms with E-state index >= 15 is 0 Å². The van der Waals surface area contributed by atoms with Gasteiger partial charge in [0.15, 0.2) is 0 Å². The van der Waals surface area contributed by atoms with Crippen molar-refractivity contribution in [2.24, 2.45) is 0 Å². The summed E-state index contributed by atoms with van der Waals surface area (Å²) in [6, 6.07) is 0. The second kappa shape index (κ2) is 10.1. The number of carbonyl (C=O) groups is 1. The predicted octanol–water partition coefficient (Wildman–Crippen LogP) is 2.79. The molecule has 0 saturated carbocycles. The van der Waals surface area contributed by atoms with E-state index in [-0.39, 0.29) is 12.5 Å². The Morgan fingerprint density at radius 1 is 1.13 bits per heavy atom. The molecule has 0 atom stereocenters. The molecule has 0 aromatic heterocycles. The highest BCUT2D eigenvalue weighted by molar-refractivity contribution is 7.88. The minimum atomic E-state index is -3.37. The van der Waals surface area contributed by atoms with Crippen LogP contribution in [0.4, 0.5) is 0 Å². The van der Waals surface area contributed by atoms with E-state index in [1.54, 1.807) is 4.90 Å². The second-order valence-electron chi connectivity index (χ2n) is 6.34. The first-order valence-corrected chi connectivity index (χ1v) is 10.6.